The Bertz CT molecular complexity index is 297. The van der Waals surface area contributed by atoms with Gasteiger partial charge >= 0.3 is 0 Å². The van der Waals surface area contributed by atoms with Gasteiger partial charge in [-0.3, -0.25) is 4.79 Å². The van der Waals surface area contributed by atoms with Crippen molar-refractivity contribution in [1.29, 1.82) is 0 Å². The fourth-order valence-corrected chi connectivity index (χ4v) is 2.64. The van der Waals surface area contributed by atoms with Gasteiger partial charge in [0.2, 0.25) is 0 Å². The summed E-state index contributed by atoms with van der Waals surface area (Å²) in [4.78, 5) is 11.7. The van der Waals surface area contributed by atoms with Gasteiger partial charge in [-0.1, -0.05) is 51.4 Å². The lowest BCUT2D eigenvalue weighted by Crippen LogP contribution is -1.97. The highest BCUT2D eigenvalue weighted by Crippen LogP contribution is 2.12. The van der Waals surface area contributed by atoms with Crippen LogP contribution >= 0.6 is 0 Å². The van der Waals surface area contributed by atoms with Gasteiger partial charge in [-0.05, 0) is 25.7 Å². The average molecular weight is 303 g/mol. The van der Waals surface area contributed by atoms with Crippen molar-refractivity contribution in [2.45, 2.75) is 103 Å². The molecule has 0 heterocycles. The second-order valence-electron chi connectivity index (χ2n) is 6.19. The summed E-state index contributed by atoms with van der Waals surface area (Å²) in [6, 6.07) is 0. The van der Waals surface area contributed by atoms with Crippen LogP contribution in [0.3, 0.4) is 0 Å². The van der Waals surface area contributed by atoms with E-state index < -0.39 is 0 Å². The van der Waals surface area contributed by atoms with Crippen LogP contribution in [0.2, 0.25) is 0 Å². The van der Waals surface area contributed by atoms with Crippen molar-refractivity contribution in [3.8, 4) is 24.7 Å². The molecule has 0 radical (unpaired) electrons. The van der Waals surface area contributed by atoms with Crippen LogP contribution < -0.4 is 0 Å². The summed E-state index contributed by atoms with van der Waals surface area (Å²) in [5, 5.41) is 0. The van der Waals surface area contributed by atoms with E-state index in [-0.39, 0.29) is 0 Å². The van der Waals surface area contributed by atoms with Gasteiger partial charge in [0.25, 0.3) is 0 Å². The number of Topliss-reactive ketones (excluding diaryl/α,β-unsaturated/α-hetero) is 1. The molecule has 124 valence electrons. The quantitative estimate of drug-likeness (QED) is 0.250. The van der Waals surface area contributed by atoms with Crippen molar-refractivity contribution in [2.75, 3.05) is 0 Å². The largest absolute Gasteiger partial charge is 0.300 e. The Hall–Kier alpha value is -1.21. The van der Waals surface area contributed by atoms with Crippen LogP contribution in [0.4, 0.5) is 0 Å². The second-order valence-corrected chi connectivity index (χ2v) is 6.19. The lowest BCUT2D eigenvalue weighted by atomic mass is 10.0. The zero-order valence-electron chi connectivity index (χ0n) is 14.4. The van der Waals surface area contributed by atoms with Crippen LogP contribution in [-0.4, -0.2) is 5.78 Å². The molecular weight excluding hydrogens is 268 g/mol. The summed E-state index contributed by atoms with van der Waals surface area (Å²) < 4.78 is 0. The molecular formula is C21H34O. The van der Waals surface area contributed by atoms with E-state index in [1.165, 1.54) is 51.4 Å². The molecule has 0 rings (SSSR count). The molecule has 0 N–H and O–H groups in total. The Morgan fingerprint density at radius 2 is 0.864 bits per heavy atom. The van der Waals surface area contributed by atoms with Gasteiger partial charge in [0.15, 0.2) is 0 Å². The van der Waals surface area contributed by atoms with Gasteiger partial charge in [-0.15, -0.1) is 24.7 Å². The molecule has 0 saturated heterocycles. The van der Waals surface area contributed by atoms with Crippen LogP contribution in [0.25, 0.3) is 0 Å². The Morgan fingerprint density at radius 3 is 1.23 bits per heavy atom. The van der Waals surface area contributed by atoms with Crippen LogP contribution in [0.5, 0.6) is 0 Å². The molecule has 0 amide bonds. The molecule has 0 aromatic carbocycles. The van der Waals surface area contributed by atoms with Crippen LogP contribution in [0, 0.1) is 24.7 Å². The molecule has 0 spiro atoms. The van der Waals surface area contributed by atoms with Gasteiger partial charge in [0, 0.05) is 25.7 Å². The van der Waals surface area contributed by atoms with E-state index >= 15 is 0 Å². The van der Waals surface area contributed by atoms with Crippen LogP contribution in [-0.2, 0) is 4.79 Å². The molecule has 0 aliphatic carbocycles. The lowest BCUT2D eigenvalue weighted by molar-refractivity contribution is -0.119. The van der Waals surface area contributed by atoms with E-state index in [4.69, 9.17) is 12.8 Å². The first-order valence-electron chi connectivity index (χ1n) is 9.20. The second kappa shape index (κ2) is 17.8. The van der Waals surface area contributed by atoms with Gasteiger partial charge in [0.05, 0.1) is 0 Å². The van der Waals surface area contributed by atoms with Crippen molar-refractivity contribution < 1.29 is 4.79 Å². The normalized spacial score (nSPS) is 10.1. The summed E-state index contributed by atoms with van der Waals surface area (Å²) in [5.74, 6) is 5.80. The Morgan fingerprint density at radius 1 is 0.545 bits per heavy atom. The number of rotatable bonds is 16. The zero-order valence-corrected chi connectivity index (χ0v) is 14.4. The fraction of sp³-hybridized carbons (Fsp3) is 0.762. The summed E-state index contributed by atoms with van der Waals surface area (Å²) in [7, 11) is 0. The van der Waals surface area contributed by atoms with E-state index in [0.29, 0.717) is 5.78 Å². The molecule has 0 atom stereocenters. The first-order valence-corrected chi connectivity index (χ1v) is 9.20. The third kappa shape index (κ3) is 16.8. The van der Waals surface area contributed by atoms with E-state index in [1.54, 1.807) is 0 Å². The number of ketones is 1. The van der Waals surface area contributed by atoms with Gasteiger partial charge in [-0.25, -0.2) is 0 Å². The molecule has 0 fully saturated rings. The summed E-state index contributed by atoms with van der Waals surface area (Å²) in [6.45, 7) is 0. The van der Waals surface area contributed by atoms with E-state index in [1.807, 2.05) is 0 Å². The van der Waals surface area contributed by atoms with E-state index in [9.17, 15) is 4.79 Å². The minimum Gasteiger partial charge on any atom is -0.300 e. The fourth-order valence-electron chi connectivity index (χ4n) is 2.64. The first kappa shape index (κ1) is 20.8. The van der Waals surface area contributed by atoms with E-state index in [2.05, 4.69) is 11.8 Å². The highest BCUT2D eigenvalue weighted by molar-refractivity contribution is 5.78. The maximum atomic E-state index is 11.7. The molecule has 0 aliphatic rings. The summed E-state index contributed by atoms with van der Waals surface area (Å²) in [5.41, 5.74) is 0. The highest BCUT2D eigenvalue weighted by Gasteiger charge is 2.01. The SMILES string of the molecule is C#CCCCCCCCCC(=O)CCCCCCCCC#C. The predicted octanol–water partition coefficient (Wildman–Crippen LogP) is 6.06. The van der Waals surface area contributed by atoms with Crippen molar-refractivity contribution >= 4 is 5.78 Å². The van der Waals surface area contributed by atoms with Crippen molar-refractivity contribution in [3.05, 3.63) is 0 Å². The molecule has 0 aromatic heterocycles. The maximum absolute atomic E-state index is 11.7. The molecule has 0 aromatic rings. The molecule has 1 nitrogen and oxygen atoms in total. The molecule has 0 aliphatic heterocycles. The third-order valence-corrected chi connectivity index (χ3v) is 4.05. The number of hydrogen-bond acceptors (Lipinski definition) is 1. The number of unbranched alkanes of at least 4 members (excludes halogenated alkanes) is 12. The van der Waals surface area contributed by atoms with Crippen molar-refractivity contribution in [2.24, 2.45) is 0 Å². The highest BCUT2D eigenvalue weighted by atomic mass is 16.1. The topological polar surface area (TPSA) is 17.1 Å². The van der Waals surface area contributed by atoms with Gasteiger partial charge in [-0.2, -0.15) is 0 Å². The molecule has 0 unspecified atom stereocenters. The molecule has 0 bridgehead atoms. The lowest BCUT2D eigenvalue weighted by Gasteiger charge is -2.03. The maximum Gasteiger partial charge on any atom is 0.132 e. The number of hydrogen-bond donors (Lipinski definition) is 0. The molecule has 22 heavy (non-hydrogen) atoms. The van der Waals surface area contributed by atoms with Crippen molar-refractivity contribution in [3.63, 3.8) is 0 Å². The predicted molar refractivity (Wildman–Crippen MR) is 96.5 cm³/mol. The first-order chi connectivity index (χ1) is 10.8. The molecule has 0 saturated carbocycles. The zero-order chi connectivity index (χ0) is 16.3. The Kier molecular flexibility index (Phi) is 16.9. The third-order valence-electron chi connectivity index (χ3n) is 4.05. The minimum absolute atomic E-state index is 0.458. The monoisotopic (exact) mass is 302 g/mol. The summed E-state index contributed by atoms with van der Waals surface area (Å²) in [6.07, 6.45) is 28.1. The smallest absolute Gasteiger partial charge is 0.132 e. The van der Waals surface area contributed by atoms with Crippen LogP contribution in [0.15, 0.2) is 0 Å². The number of carbonyl (C=O) groups excluding carboxylic acids is 1. The minimum atomic E-state index is 0.458. The standard InChI is InChI=1S/C21H34O/c1-3-5-7-9-11-13-15-17-19-21(22)20-18-16-14-12-10-8-6-4-2/h1-2H,5-20H2. The van der Waals surface area contributed by atoms with Crippen LogP contribution in [0.1, 0.15) is 103 Å². The number of carbonyl (C=O) groups is 1. The Balaban J connectivity index is 3.17. The van der Waals surface area contributed by atoms with Gasteiger partial charge < -0.3 is 0 Å². The number of terminal acetylenes is 2. The Labute approximate surface area is 138 Å². The average Bonchev–Trinajstić information content (AvgIpc) is 2.52. The molecule has 1 heteroatoms. The van der Waals surface area contributed by atoms with Crippen molar-refractivity contribution in [1.82, 2.24) is 0 Å². The summed E-state index contributed by atoms with van der Waals surface area (Å²) >= 11 is 0. The van der Waals surface area contributed by atoms with Gasteiger partial charge in [0.1, 0.15) is 5.78 Å². The van der Waals surface area contributed by atoms with E-state index in [0.717, 1.165) is 51.4 Å².